The van der Waals surface area contributed by atoms with E-state index in [-0.39, 0.29) is 0 Å². The summed E-state index contributed by atoms with van der Waals surface area (Å²) in [4.78, 5) is 0. The molecule has 1 aliphatic carbocycles. The summed E-state index contributed by atoms with van der Waals surface area (Å²) < 4.78 is 13.0. The predicted octanol–water partition coefficient (Wildman–Crippen LogP) is 6.03. The number of ether oxygens (including phenoxy) is 2. The zero-order valence-corrected chi connectivity index (χ0v) is 26.2. The minimum atomic E-state index is -0.470. The minimum absolute atomic E-state index is 0.465. The summed E-state index contributed by atoms with van der Waals surface area (Å²) >= 11 is 0. The molecule has 0 N–H and O–H groups in total. The molecular formula is C37H44B2O2. The van der Waals surface area contributed by atoms with E-state index in [1.165, 1.54) is 55.4 Å². The fourth-order valence-corrected chi connectivity index (χ4v) is 6.12. The third-order valence-electron chi connectivity index (χ3n) is 9.06. The molecule has 2 nitrogen and oxygen atoms in total. The maximum Gasteiger partial charge on any atom is 0.161 e. The molecule has 0 fully saturated rings. The summed E-state index contributed by atoms with van der Waals surface area (Å²) in [5.74, 6) is 2.62. The van der Waals surface area contributed by atoms with Crippen LogP contribution in [-0.2, 0) is 5.41 Å². The predicted molar refractivity (Wildman–Crippen MR) is 179 cm³/mol. The van der Waals surface area contributed by atoms with E-state index in [0.717, 1.165) is 24.3 Å². The van der Waals surface area contributed by atoms with Gasteiger partial charge < -0.3 is 9.47 Å². The standard InChI is InChI=1S/C37H44B2O2/c1-7-23(3)21-40-35-16-11-27(18-36(35)41-22-24(4)8-2)37(32-17-25(5)9-10-26(32)6)33-19-28(38)12-14-30(33)31-15-13-29(39)20-34(31)37/h9-20,23-24H,7-8,21-22,38-39H2,1-6H3. The van der Waals surface area contributed by atoms with Gasteiger partial charge in [-0.25, -0.2) is 0 Å². The molecule has 4 aromatic rings. The van der Waals surface area contributed by atoms with Crippen LogP contribution >= 0.6 is 0 Å². The molecule has 2 atom stereocenters. The summed E-state index contributed by atoms with van der Waals surface area (Å²) in [6.07, 6.45) is 2.16. The molecule has 5 rings (SSSR count). The zero-order chi connectivity index (χ0) is 29.3. The van der Waals surface area contributed by atoms with Crippen LogP contribution in [0, 0.1) is 25.7 Å². The van der Waals surface area contributed by atoms with Crippen molar-refractivity contribution in [2.75, 3.05) is 13.2 Å². The van der Waals surface area contributed by atoms with Crippen molar-refractivity contribution >= 4 is 26.6 Å². The lowest BCUT2D eigenvalue weighted by Gasteiger charge is -2.36. The molecule has 4 heteroatoms. The van der Waals surface area contributed by atoms with Gasteiger partial charge in [0, 0.05) is 0 Å². The number of aryl methyl sites for hydroxylation is 2. The summed E-state index contributed by atoms with van der Waals surface area (Å²) in [5, 5.41) is 0. The number of fused-ring (bicyclic) bond motifs is 3. The van der Waals surface area contributed by atoms with E-state index in [9.17, 15) is 0 Å². The normalized spacial score (nSPS) is 14.7. The fraction of sp³-hybridized carbons (Fsp3) is 0.351. The zero-order valence-electron chi connectivity index (χ0n) is 26.2. The Morgan fingerprint density at radius 3 is 1.76 bits per heavy atom. The molecular weight excluding hydrogens is 498 g/mol. The van der Waals surface area contributed by atoms with Gasteiger partial charge in [0.25, 0.3) is 0 Å². The van der Waals surface area contributed by atoms with Crippen molar-refractivity contribution in [2.24, 2.45) is 11.8 Å². The number of hydrogen-bond acceptors (Lipinski definition) is 2. The van der Waals surface area contributed by atoms with Crippen LogP contribution in [0.1, 0.15) is 73.9 Å². The van der Waals surface area contributed by atoms with Gasteiger partial charge in [-0.1, -0.05) is 118 Å². The highest BCUT2D eigenvalue weighted by molar-refractivity contribution is 6.33. The van der Waals surface area contributed by atoms with Gasteiger partial charge in [0.2, 0.25) is 0 Å². The molecule has 0 radical (unpaired) electrons. The van der Waals surface area contributed by atoms with E-state index in [2.05, 4.69) is 130 Å². The molecule has 0 amide bonds. The lowest BCUT2D eigenvalue weighted by molar-refractivity contribution is 0.217. The molecule has 210 valence electrons. The van der Waals surface area contributed by atoms with Crippen molar-refractivity contribution < 1.29 is 9.47 Å². The largest absolute Gasteiger partial charge is 0.489 e. The van der Waals surface area contributed by atoms with Gasteiger partial charge in [0.15, 0.2) is 11.5 Å². The molecule has 0 aromatic heterocycles. The molecule has 0 bridgehead atoms. The van der Waals surface area contributed by atoms with Gasteiger partial charge in [0.1, 0.15) is 15.7 Å². The minimum Gasteiger partial charge on any atom is -0.489 e. The van der Waals surface area contributed by atoms with Gasteiger partial charge in [-0.15, -0.1) is 0 Å². The third kappa shape index (κ3) is 5.34. The van der Waals surface area contributed by atoms with Crippen LogP contribution in [0.25, 0.3) is 11.1 Å². The highest BCUT2D eigenvalue weighted by Gasteiger charge is 2.47. The summed E-state index contributed by atoms with van der Waals surface area (Å²) in [6, 6.07) is 27.5. The summed E-state index contributed by atoms with van der Waals surface area (Å²) in [7, 11) is 4.41. The van der Waals surface area contributed by atoms with Crippen LogP contribution < -0.4 is 20.4 Å². The van der Waals surface area contributed by atoms with E-state index in [1.54, 1.807) is 0 Å². The van der Waals surface area contributed by atoms with E-state index in [4.69, 9.17) is 9.47 Å². The van der Waals surface area contributed by atoms with Crippen molar-refractivity contribution in [3.05, 3.63) is 106 Å². The molecule has 4 aromatic carbocycles. The Morgan fingerprint density at radius 2 is 1.20 bits per heavy atom. The van der Waals surface area contributed by atoms with E-state index < -0.39 is 5.41 Å². The molecule has 2 unspecified atom stereocenters. The average molecular weight is 542 g/mol. The van der Waals surface area contributed by atoms with E-state index >= 15 is 0 Å². The Hall–Kier alpha value is -3.39. The number of hydrogen-bond donors (Lipinski definition) is 0. The first-order chi connectivity index (χ1) is 19.7. The van der Waals surface area contributed by atoms with Gasteiger partial charge in [-0.2, -0.15) is 0 Å². The quantitative estimate of drug-likeness (QED) is 0.201. The number of benzene rings is 4. The second-order valence-electron chi connectivity index (χ2n) is 12.5. The Labute approximate surface area is 249 Å². The Kier molecular flexibility index (Phi) is 8.41. The van der Waals surface area contributed by atoms with Gasteiger partial charge in [0.05, 0.1) is 18.6 Å². The van der Waals surface area contributed by atoms with Crippen LogP contribution in [0.3, 0.4) is 0 Å². The Balaban J connectivity index is 1.82. The fourth-order valence-electron chi connectivity index (χ4n) is 6.12. The lowest BCUT2D eigenvalue weighted by atomic mass is 9.65. The van der Waals surface area contributed by atoms with Crippen molar-refractivity contribution in [1.82, 2.24) is 0 Å². The lowest BCUT2D eigenvalue weighted by Crippen LogP contribution is -2.31. The van der Waals surface area contributed by atoms with Crippen molar-refractivity contribution in [2.45, 2.75) is 59.8 Å². The summed E-state index contributed by atoms with van der Waals surface area (Å²) in [5.41, 5.74) is 12.5. The monoisotopic (exact) mass is 542 g/mol. The Bertz CT molecular complexity index is 1510. The molecule has 0 spiro atoms. The molecule has 41 heavy (non-hydrogen) atoms. The topological polar surface area (TPSA) is 18.5 Å². The maximum atomic E-state index is 6.59. The highest BCUT2D eigenvalue weighted by Crippen LogP contribution is 2.57. The van der Waals surface area contributed by atoms with Crippen molar-refractivity contribution in [3.63, 3.8) is 0 Å². The maximum absolute atomic E-state index is 6.59. The van der Waals surface area contributed by atoms with Crippen molar-refractivity contribution in [3.8, 4) is 22.6 Å². The van der Waals surface area contributed by atoms with E-state index in [0.29, 0.717) is 25.0 Å². The van der Waals surface area contributed by atoms with Crippen LogP contribution in [-0.4, -0.2) is 28.9 Å². The first-order valence-corrected chi connectivity index (χ1v) is 15.4. The Morgan fingerprint density at radius 1 is 0.634 bits per heavy atom. The molecule has 0 saturated carbocycles. The second-order valence-corrected chi connectivity index (χ2v) is 12.5. The molecule has 0 aliphatic heterocycles. The molecule has 1 aliphatic rings. The first kappa shape index (κ1) is 29.1. The SMILES string of the molecule is Bc1ccc2c(c1)C(c1ccc(OCC(C)CC)c(OCC(C)CC)c1)(c1cc(C)ccc1C)c1cc(B)ccc1-2. The first-order valence-electron chi connectivity index (χ1n) is 15.4. The van der Waals surface area contributed by atoms with Crippen LogP contribution in [0.5, 0.6) is 11.5 Å². The smallest absolute Gasteiger partial charge is 0.161 e. The van der Waals surface area contributed by atoms with E-state index in [1.807, 2.05) is 0 Å². The van der Waals surface area contributed by atoms with Crippen LogP contribution in [0.4, 0.5) is 0 Å². The van der Waals surface area contributed by atoms with Gasteiger partial charge in [-0.3, -0.25) is 0 Å². The van der Waals surface area contributed by atoms with Gasteiger partial charge in [-0.05, 0) is 76.8 Å². The highest BCUT2D eigenvalue weighted by atomic mass is 16.5. The van der Waals surface area contributed by atoms with Gasteiger partial charge >= 0.3 is 0 Å². The van der Waals surface area contributed by atoms with Crippen LogP contribution in [0.2, 0.25) is 0 Å². The molecule has 0 heterocycles. The third-order valence-corrected chi connectivity index (χ3v) is 9.06. The van der Waals surface area contributed by atoms with Crippen LogP contribution in [0.15, 0.2) is 72.8 Å². The summed E-state index contributed by atoms with van der Waals surface area (Å²) in [6.45, 7) is 14.7. The average Bonchev–Trinajstić information content (AvgIpc) is 3.24. The second kappa shape index (κ2) is 11.8. The number of rotatable bonds is 10. The van der Waals surface area contributed by atoms with Crippen molar-refractivity contribution in [1.29, 1.82) is 0 Å². The molecule has 0 saturated heterocycles.